The molecule has 0 atom stereocenters. The zero-order valence-corrected chi connectivity index (χ0v) is 13.8. The Balaban J connectivity index is 1.61. The van der Waals surface area contributed by atoms with E-state index in [4.69, 9.17) is 0 Å². The van der Waals surface area contributed by atoms with Gasteiger partial charge in [-0.15, -0.1) is 0 Å². The van der Waals surface area contributed by atoms with Crippen molar-refractivity contribution in [1.82, 2.24) is 19.9 Å². The first-order chi connectivity index (χ1) is 11.9. The third kappa shape index (κ3) is 5.25. The Hall–Kier alpha value is -2.59. The standard InChI is InChI=1S/C20H22N4/c1-4-12-21-18(7-1)10-15-24(17-20-9-3-6-14-23-20)16-11-19-8-2-5-13-22-19/h1-9,12-14H,10-11,15-17H2. The van der Waals surface area contributed by atoms with Gasteiger partial charge in [0.25, 0.3) is 0 Å². The van der Waals surface area contributed by atoms with Crippen molar-refractivity contribution in [3.05, 3.63) is 90.3 Å². The Morgan fingerprint density at radius 1 is 0.583 bits per heavy atom. The fraction of sp³-hybridized carbons (Fsp3) is 0.250. The molecular weight excluding hydrogens is 296 g/mol. The van der Waals surface area contributed by atoms with Crippen molar-refractivity contribution in [2.75, 3.05) is 13.1 Å². The lowest BCUT2D eigenvalue weighted by Crippen LogP contribution is -2.28. The van der Waals surface area contributed by atoms with Crippen LogP contribution in [0.15, 0.2) is 73.2 Å². The molecule has 122 valence electrons. The molecule has 4 nitrogen and oxygen atoms in total. The van der Waals surface area contributed by atoms with Crippen LogP contribution in [0.5, 0.6) is 0 Å². The van der Waals surface area contributed by atoms with Crippen LogP contribution in [0.25, 0.3) is 0 Å². The lowest BCUT2D eigenvalue weighted by atomic mass is 10.2. The molecule has 3 aromatic heterocycles. The van der Waals surface area contributed by atoms with Gasteiger partial charge in [-0.3, -0.25) is 19.9 Å². The largest absolute Gasteiger partial charge is 0.297 e. The average Bonchev–Trinajstić information content (AvgIpc) is 2.66. The smallest absolute Gasteiger partial charge is 0.0543 e. The Morgan fingerprint density at radius 2 is 1.04 bits per heavy atom. The van der Waals surface area contributed by atoms with Crippen LogP contribution in [0.4, 0.5) is 0 Å². The summed E-state index contributed by atoms with van der Waals surface area (Å²) in [6.07, 6.45) is 7.44. The van der Waals surface area contributed by atoms with Crippen molar-refractivity contribution in [3.8, 4) is 0 Å². The van der Waals surface area contributed by atoms with E-state index in [9.17, 15) is 0 Å². The van der Waals surface area contributed by atoms with Crippen molar-refractivity contribution < 1.29 is 0 Å². The molecule has 3 aromatic rings. The monoisotopic (exact) mass is 318 g/mol. The van der Waals surface area contributed by atoms with Crippen molar-refractivity contribution in [2.45, 2.75) is 19.4 Å². The molecule has 0 unspecified atom stereocenters. The Morgan fingerprint density at radius 3 is 1.46 bits per heavy atom. The molecule has 0 saturated heterocycles. The molecule has 3 heterocycles. The van der Waals surface area contributed by atoms with Crippen LogP contribution in [-0.2, 0) is 19.4 Å². The van der Waals surface area contributed by atoms with Gasteiger partial charge in [-0.1, -0.05) is 18.2 Å². The Kier molecular flexibility index (Phi) is 6.03. The van der Waals surface area contributed by atoms with Crippen molar-refractivity contribution in [2.24, 2.45) is 0 Å². The summed E-state index contributed by atoms with van der Waals surface area (Å²) < 4.78 is 0. The molecular formula is C20H22N4. The molecule has 0 bridgehead atoms. The molecule has 0 aromatic carbocycles. The van der Waals surface area contributed by atoms with E-state index in [0.29, 0.717) is 0 Å². The highest BCUT2D eigenvalue weighted by molar-refractivity contribution is 5.07. The normalized spacial score (nSPS) is 10.9. The molecule has 4 heteroatoms. The van der Waals surface area contributed by atoms with E-state index in [1.54, 1.807) is 0 Å². The highest BCUT2D eigenvalue weighted by Gasteiger charge is 2.08. The Bertz CT molecular complexity index is 658. The highest BCUT2D eigenvalue weighted by atomic mass is 15.1. The maximum Gasteiger partial charge on any atom is 0.0543 e. The minimum atomic E-state index is 0.848. The van der Waals surface area contributed by atoms with Gasteiger partial charge >= 0.3 is 0 Å². The summed E-state index contributed by atoms with van der Waals surface area (Å²) in [5.41, 5.74) is 3.35. The zero-order chi connectivity index (χ0) is 16.5. The van der Waals surface area contributed by atoms with Gasteiger partial charge in [0.2, 0.25) is 0 Å². The second-order valence-corrected chi connectivity index (χ2v) is 5.74. The maximum absolute atomic E-state index is 4.46. The number of pyridine rings is 3. The first-order valence-corrected chi connectivity index (χ1v) is 8.32. The van der Waals surface area contributed by atoms with E-state index < -0.39 is 0 Å². The number of nitrogens with zero attached hydrogens (tertiary/aromatic N) is 4. The fourth-order valence-electron chi connectivity index (χ4n) is 2.63. The number of aromatic nitrogens is 3. The lowest BCUT2D eigenvalue weighted by Gasteiger charge is -2.21. The van der Waals surface area contributed by atoms with Gasteiger partial charge in [0.05, 0.1) is 5.69 Å². The first-order valence-electron chi connectivity index (χ1n) is 8.32. The highest BCUT2D eigenvalue weighted by Crippen LogP contribution is 2.06. The molecule has 0 N–H and O–H groups in total. The molecule has 3 rings (SSSR count). The molecule has 0 amide bonds. The van der Waals surface area contributed by atoms with E-state index in [-0.39, 0.29) is 0 Å². The molecule has 24 heavy (non-hydrogen) atoms. The summed E-state index contributed by atoms with van der Waals surface area (Å²) in [5.74, 6) is 0. The van der Waals surface area contributed by atoms with Crippen LogP contribution in [0.3, 0.4) is 0 Å². The lowest BCUT2D eigenvalue weighted by molar-refractivity contribution is 0.267. The summed E-state index contributed by atoms with van der Waals surface area (Å²) in [6, 6.07) is 18.2. The summed E-state index contributed by atoms with van der Waals surface area (Å²) in [7, 11) is 0. The SMILES string of the molecule is c1ccc(CCN(CCc2ccccn2)Cc2ccccn2)nc1. The molecule has 0 saturated carbocycles. The summed E-state index contributed by atoms with van der Waals surface area (Å²) in [6.45, 7) is 2.77. The fourth-order valence-corrected chi connectivity index (χ4v) is 2.63. The van der Waals surface area contributed by atoms with Crippen LogP contribution in [-0.4, -0.2) is 32.9 Å². The van der Waals surface area contributed by atoms with E-state index >= 15 is 0 Å². The van der Waals surface area contributed by atoms with Crippen LogP contribution >= 0.6 is 0 Å². The van der Waals surface area contributed by atoms with Crippen molar-refractivity contribution in [3.63, 3.8) is 0 Å². The molecule has 0 aliphatic rings. The average molecular weight is 318 g/mol. The van der Waals surface area contributed by atoms with Gasteiger partial charge in [-0.25, -0.2) is 0 Å². The van der Waals surface area contributed by atoms with E-state index in [2.05, 4.69) is 38.1 Å². The molecule has 0 aliphatic heterocycles. The van der Waals surface area contributed by atoms with Gasteiger partial charge in [-0.2, -0.15) is 0 Å². The van der Waals surface area contributed by atoms with Crippen molar-refractivity contribution >= 4 is 0 Å². The predicted molar refractivity (Wildman–Crippen MR) is 95.4 cm³/mol. The van der Waals surface area contributed by atoms with Crippen LogP contribution < -0.4 is 0 Å². The van der Waals surface area contributed by atoms with E-state index in [0.717, 1.165) is 49.6 Å². The number of hydrogen-bond donors (Lipinski definition) is 0. The number of hydrogen-bond acceptors (Lipinski definition) is 4. The second-order valence-electron chi connectivity index (χ2n) is 5.74. The van der Waals surface area contributed by atoms with E-state index in [1.807, 2.05) is 55.0 Å². The summed E-state index contributed by atoms with van der Waals surface area (Å²) in [4.78, 5) is 15.7. The van der Waals surface area contributed by atoms with Gasteiger partial charge < -0.3 is 0 Å². The third-order valence-corrected chi connectivity index (χ3v) is 3.93. The van der Waals surface area contributed by atoms with Crippen molar-refractivity contribution in [1.29, 1.82) is 0 Å². The van der Waals surface area contributed by atoms with Gasteiger partial charge in [0.1, 0.15) is 0 Å². The van der Waals surface area contributed by atoms with E-state index in [1.165, 1.54) is 0 Å². The third-order valence-electron chi connectivity index (χ3n) is 3.93. The van der Waals surface area contributed by atoms with Gasteiger partial charge in [0, 0.05) is 62.5 Å². The molecule has 0 spiro atoms. The summed E-state index contributed by atoms with van der Waals surface area (Å²) in [5, 5.41) is 0. The predicted octanol–water partition coefficient (Wildman–Crippen LogP) is 3.16. The topological polar surface area (TPSA) is 41.9 Å². The molecule has 0 radical (unpaired) electrons. The first kappa shape index (κ1) is 16.3. The second kappa shape index (κ2) is 8.89. The molecule has 0 fully saturated rings. The number of rotatable bonds is 8. The quantitative estimate of drug-likeness (QED) is 0.640. The molecule has 0 aliphatic carbocycles. The maximum atomic E-state index is 4.46. The van der Waals surface area contributed by atoms with Gasteiger partial charge in [-0.05, 0) is 36.4 Å². The van der Waals surface area contributed by atoms with Crippen LogP contribution in [0.2, 0.25) is 0 Å². The van der Waals surface area contributed by atoms with Gasteiger partial charge in [0.15, 0.2) is 0 Å². The van der Waals surface area contributed by atoms with Crippen LogP contribution in [0, 0.1) is 0 Å². The zero-order valence-electron chi connectivity index (χ0n) is 13.8. The summed E-state index contributed by atoms with van der Waals surface area (Å²) >= 11 is 0. The Labute approximate surface area is 143 Å². The van der Waals surface area contributed by atoms with Crippen LogP contribution in [0.1, 0.15) is 17.1 Å². The minimum Gasteiger partial charge on any atom is -0.297 e. The minimum absolute atomic E-state index is 0.848.